The minimum atomic E-state index is -3.78. The molecule has 1 N–H and O–H groups in total. The lowest BCUT2D eigenvalue weighted by atomic mass is 10.0. The third-order valence-electron chi connectivity index (χ3n) is 4.85. The van der Waals surface area contributed by atoms with Crippen LogP contribution in [-0.2, 0) is 21.4 Å². The fraction of sp³-hybridized carbons (Fsp3) is 0.350. The number of piperidine rings is 1. The molecule has 0 aromatic heterocycles. The molecule has 3 rings (SSSR count). The molecule has 2 aromatic carbocycles. The Morgan fingerprint density at radius 3 is 2.57 bits per heavy atom. The van der Waals surface area contributed by atoms with Crippen LogP contribution in [0, 0.1) is 5.82 Å². The lowest BCUT2D eigenvalue weighted by Crippen LogP contribution is -2.45. The number of halogens is 2. The third-order valence-corrected chi connectivity index (χ3v) is 7.18. The molecule has 28 heavy (non-hydrogen) atoms. The van der Waals surface area contributed by atoms with Crippen LogP contribution in [0.15, 0.2) is 53.4 Å². The number of carbonyl (C=O) groups is 1. The van der Waals surface area contributed by atoms with Crippen molar-refractivity contribution in [2.45, 2.75) is 43.2 Å². The van der Waals surface area contributed by atoms with Gasteiger partial charge in [0.15, 0.2) is 0 Å². The zero-order valence-corrected chi connectivity index (χ0v) is 16.8. The van der Waals surface area contributed by atoms with Gasteiger partial charge in [-0.1, -0.05) is 36.2 Å². The van der Waals surface area contributed by atoms with Gasteiger partial charge in [0.2, 0.25) is 15.9 Å². The van der Waals surface area contributed by atoms with Crippen LogP contribution in [-0.4, -0.2) is 31.2 Å². The van der Waals surface area contributed by atoms with E-state index >= 15 is 0 Å². The van der Waals surface area contributed by atoms with E-state index in [0.717, 1.165) is 30.5 Å². The van der Waals surface area contributed by atoms with Gasteiger partial charge < -0.3 is 5.32 Å². The van der Waals surface area contributed by atoms with E-state index in [1.165, 1.54) is 16.4 Å². The molecule has 0 radical (unpaired) electrons. The average Bonchev–Trinajstić information content (AvgIpc) is 2.68. The molecule has 0 saturated carbocycles. The number of benzene rings is 2. The average molecular weight is 425 g/mol. The van der Waals surface area contributed by atoms with Gasteiger partial charge in [0.1, 0.15) is 5.82 Å². The highest BCUT2D eigenvalue weighted by atomic mass is 35.5. The number of carbonyl (C=O) groups excluding carboxylic acids is 1. The van der Waals surface area contributed by atoms with Gasteiger partial charge in [-0.2, -0.15) is 4.31 Å². The predicted octanol–water partition coefficient (Wildman–Crippen LogP) is 3.73. The van der Waals surface area contributed by atoms with Crippen LogP contribution in [0.25, 0.3) is 0 Å². The number of nitrogens with one attached hydrogen (secondary N) is 1. The Bertz CT molecular complexity index is 935. The lowest BCUT2D eigenvalue weighted by Gasteiger charge is -2.34. The van der Waals surface area contributed by atoms with Crippen molar-refractivity contribution in [2.24, 2.45) is 0 Å². The molecule has 5 nitrogen and oxygen atoms in total. The van der Waals surface area contributed by atoms with Gasteiger partial charge in [-0.05, 0) is 48.7 Å². The Hall–Kier alpha value is -1.96. The summed E-state index contributed by atoms with van der Waals surface area (Å²) in [6.07, 6.45) is 2.28. The van der Waals surface area contributed by atoms with Crippen LogP contribution in [0.3, 0.4) is 0 Å². The highest BCUT2D eigenvalue weighted by molar-refractivity contribution is 7.89. The van der Waals surface area contributed by atoms with E-state index in [-0.39, 0.29) is 23.8 Å². The van der Waals surface area contributed by atoms with Gasteiger partial charge in [-0.25, -0.2) is 12.8 Å². The molecular weight excluding hydrogens is 403 g/mol. The van der Waals surface area contributed by atoms with Crippen LogP contribution in [0.5, 0.6) is 0 Å². The van der Waals surface area contributed by atoms with E-state index in [1.54, 1.807) is 6.07 Å². The van der Waals surface area contributed by atoms with Crippen molar-refractivity contribution in [3.63, 3.8) is 0 Å². The van der Waals surface area contributed by atoms with Gasteiger partial charge in [-0.3, -0.25) is 4.79 Å². The van der Waals surface area contributed by atoms with Crippen molar-refractivity contribution in [1.82, 2.24) is 9.62 Å². The van der Waals surface area contributed by atoms with Crippen molar-refractivity contribution < 1.29 is 17.6 Å². The Labute approximate surface area is 169 Å². The first-order valence-electron chi connectivity index (χ1n) is 9.15. The van der Waals surface area contributed by atoms with E-state index in [1.807, 2.05) is 18.2 Å². The summed E-state index contributed by atoms with van der Waals surface area (Å²) in [7, 11) is -3.78. The first kappa shape index (κ1) is 20.8. The molecule has 1 saturated heterocycles. The second-order valence-corrected chi connectivity index (χ2v) is 9.09. The molecule has 8 heteroatoms. The molecule has 1 heterocycles. The van der Waals surface area contributed by atoms with Crippen LogP contribution in [0.4, 0.5) is 4.39 Å². The van der Waals surface area contributed by atoms with Gasteiger partial charge in [0.25, 0.3) is 0 Å². The quantitative estimate of drug-likeness (QED) is 0.768. The SMILES string of the molecule is O=C(CC1CCCCN1S(=O)(=O)c1ccc(F)cc1)NCc1ccccc1Cl. The zero-order valence-electron chi connectivity index (χ0n) is 15.3. The number of nitrogens with zero attached hydrogens (tertiary/aromatic N) is 1. The lowest BCUT2D eigenvalue weighted by molar-refractivity contribution is -0.122. The summed E-state index contributed by atoms with van der Waals surface area (Å²) in [5.74, 6) is -0.723. The Kier molecular flexibility index (Phi) is 6.69. The minimum Gasteiger partial charge on any atom is -0.352 e. The first-order valence-corrected chi connectivity index (χ1v) is 11.0. The first-order chi connectivity index (χ1) is 13.4. The fourth-order valence-corrected chi connectivity index (χ4v) is 5.25. The second-order valence-electron chi connectivity index (χ2n) is 6.79. The Balaban J connectivity index is 1.68. The monoisotopic (exact) mass is 424 g/mol. The smallest absolute Gasteiger partial charge is 0.243 e. The van der Waals surface area contributed by atoms with E-state index in [9.17, 15) is 17.6 Å². The summed E-state index contributed by atoms with van der Waals surface area (Å²) >= 11 is 6.10. The molecule has 0 bridgehead atoms. The maximum atomic E-state index is 13.1. The fourth-order valence-electron chi connectivity index (χ4n) is 3.36. The summed E-state index contributed by atoms with van der Waals surface area (Å²) in [4.78, 5) is 12.5. The number of hydrogen-bond acceptors (Lipinski definition) is 3. The summed E-state index contributed by atoms with van der Waals surface area (Å²) in [5, 5.41) is 3.38. The summed E-state index contributed by atoms with van der Waals surface area (Å²) in [6, 6.07) is 11.6. The van der Waals surface area contributed by atoms with Gasteiger partial charge >= 0.3 is 0 Å². The van der Waals surface area contributed by atoms with Gasteiger partial charge in [0, 0.05) is 30.6 Å². The molecule has 150 valence electrons. The van der Waals surface area contributed by atoms with E-state index in [4.69, 9.17) is 11.6 Å². The topological polar surface area (TPSA) is 66.5 Å². The molecule has 1 aliphatic heterocycles. The van der Waals surface area contributed by atoms with Crippen LogP contribution in [0.1, 0.15) is 31.2 Å². The number of hydrogen-bond donors (Lipinski definition) is 1. The predicted molar refractivity (Wildman–Crippen MR) is 106 cm³/mol. The number of amides is 1. The molecule has 1 fully saturated rings. The van der Waals surface area contributed by atoms with E-state index < -0.39 is 21.9 Å². The molecule has 1 aliphatic rings. The second kappa shape index (κ2) is 9.03. The molecule has 1 amide bonds. The van der Waals surface area contributed by atoms with Crippen LogP contribution < -0.4 is 5.32 Å². The largest absolute Gasteiger partial charge is 0.352 e. The van der Waals surface area contributed by atoms with Crippen molar-refractivity contribution in [1.29, 1.82) is 0 Å². The van der Waals surface area contributed by atoms with Crippen molar-refractivity contribution in [3.8, 4) is 0 Å². The standard InChI is InChI=1S/C20H22ClFN2O3S/c21-19-7-2-1-5-15(19)14-23-20(25)13-17-6-3-4-12-24(17)28(26,27)18-10-8-16(22)9-11-18/h1-2,5,7-11,17H,3-4,6,12-14H2,(H,23,25). The minimum absolute atomic E-state index is 0.0391. The maximum Gasteiger partial charge on any atom is 0.243 e. The summed E-state index contributed by atoms with van der Waals surface area (Å²) < 4.78 is 40.5. The third kappa shape index (κ3) is 4.90. The van der Waals surface area contributed by atoms with E-state index in [2.05, 4.69) is 5.32 Å². The highest BCUT2D eigenvalue weighted by Crippen LogP contribution is 2.27. The normalized spacial score (nSPS) is 18.0. The highest BCUT2D eigenvalue weighted by Gasteiger charge is 2.34. The molecule has 2 aromatic rings. The summed E-state index contributed by atoms with van der Waals surface area (Å²) in [6.45, 7) is 0.637. The molecule has 0 spiro atoms. The van der Waals surface area contributed by atoms with Crippen molar-refractivity contribution >= 4 is 27.5 Å². The van der Waals surface area contributed by atoms with Crippen LogP contribution in [0.2, 0.25) is 5.02 Å². The van der Waals surface area contributed by atoms with E-state index in [0.29, 0.717) is 18.0 Å². The molecule has 0 aliphatic carbocycles. The zero-order chi connectivity index (χ0) is 20.1. The Morgan fingerprint density at radius 1 is 1.14 bits per heavy atom. The van der Waals surface area contributed by atoms with Crippen LogP contribution >= 0.6 is 11.6 Å². The number of rotatable bonds is 6. The molecular formula is C20H22ClFN2O3S. The summed E-state index contributed by atoms with van der Waals surface area (Å²) in [5.41, 5.74) is 0.803. The van der Waals surface area contributed by atoms with Crippen molar-refractivity contribution in [3.05, 3.63) is 64.9 Å². The maximum absolute atomic E-state index is 13.1. The van der Waals surface area contributed by atoms with Gasteiger partial charge in [-0.15, -0.1) is 0 Å². The molecule has 1 unspecified atom stereocenters. The number of sulfonamides is 1. The van der Waals surface area contributed by atoms with Crippen molar-refractivity contribution in [2.75, 3.05) is 6.54 Å². The Morgan fingerprint density at radius 2 is 1.86 bits per heavy atom. The molecule has 1 atom stereocenters. The van der Waals surface area contributed by atoms with Gasteiger partial charge in [0.05, 0.1) is 4.90 Å².